The molecule has 0 aromatic carbocycles. The molecular formula is C20H39O. The van der Waals surface area contributed by atoms with E-state index < -0.39 is 0 Å². The zero-order valence-electron chi connectivity index (χ0n) is 14.7. The fraction of sp³-hybridized carbons (Fsp3) is 0.850. The molecule has 0 atom stereocenters. The van der Waals surface area contributed by atoms with Gasteiger partial charge in [0.25, 0.3) is 0 Å². The molecule has 1 heteroatoms. The van der Waals surface area contributed by atoms with Gasteiger partial charge in [0, 0.05) is 0 Å². The maximum Gasteiger partial charge on any atom is 0.0902 e. The van der Waals surface area contributed by atoms with Crippen molar-refractivity contribution in [1.82, 2.24) is 0 Å². The molecule has 0 aromatic heterocycles. The smallest absolute Gasteiger partial charge is 0.0902 e. The van der Waals surface area contributed by atoms with Gasteiger partial charge in [0.15, 0.2) is 0 Å². The first-order chi connectivity index (χ1) is 10.3. The highest BCUT2D eigenvalue weighted by Gasteiger charge is 1.96. The van der Waals surface area contributed by atoms with Gasteiger partial charge in [0.2, 0.25) is 0 Å². The molecule has 0 amide bonds. The molecule has 1 radical (unpaired) electrons. The molecular weight excluding hydrogens is 256 g/mol. The minimum atomic E-state index is 0.588. The number of allylic oxidation sites excluding steroid dienone is 2. The Morgan fingerprint density at radius 2 is 1.10 bits per heavy atom. The molecule has 0 heterocycles. The third-order valence-electron chi connectivity index (χ3n) is 4.05. The Morgan fingerprint density at radius 1 is 0.667 bits per heavy atom. The Hall–Kier alpha value is -0.300. The second kappa shape index (κ2) is 17.8. The van der Waals surface area contributed by atoms with Gasteiger partial charge < -0.3 is 5.11 Å². The number of aliphatic hydroxyl groups is 1. The molecule has 0 unspecified atom stereocenters. The van der Waals surface area contributed by atoms with Crippen LogP contribution in [0.25, 0.3) is 0 Å². The molecule has 0 aliphatic rings. The largest absolute Gasteiger partial charge is 0.387 e. The van der Waals surface area contributed by atoms with Crippen LogP contribution < -0.4 is 0 Å². The summed E-state index contributed by atoms with van der Waals surface area (Å²) in [6.07, 6.45) is 25.0. The molecule has 21 heavy (non-hydrogen) atoms. The summed E-state index contributed by atoms with van der Waals surface area (Å²) in [6, 6.07) is 0. The molecule has 0 bridgehead atoms. The van der Waals surface area contributed by atoms with Crippen molar-refractivity contribution in [2.24, 2.45) is 0 Å². The van der Waals surface area contributed by atoms with Crippen molar-refractivity contribution >= 4 is 0 Å². The maximum absolute atomic E-state index is 9.08. The third-order valence-corrected chi connectivity index (χ3v) is 4.05. The zero-order valence-corrected chi connectivity index (χ0v) is 14.7. The molecule has 0 aliphatic heterocycles. The van der Waals surface area contributed by atoms with Gasteiger partial charge in [0.05, 0.1) is 6.10 Å². The van der Waals surface area contributed by atoms with E-state index in [0.29, 0.717) is 6.10 Å². The lowest BCUT2D eigenvalue weighted by atomic mass is 10.1. The predicted octanol–water partition coefficient (Wildman–Crippen LogP) is 7.34. The van der Waals surface area contributed by atoms with Gasteiger partial charge in [-0.2, -0.15) is 0 Å². The van der Waals surface area contributed by atoms with E-state index in [9.17, 15) is 0 Å². The van der Waals surface area contributed by atoms with Crippen LogP contribution in [0.4, 0.5) is 0 Å². The Bertz CT molecular complexity index is 208. The fourth-order valence-corrected chi connectivity index (χ4v) is 2.63. The van der Waals surface area contributed by atoms with E-state index in [-0.39, 0.29) is 0 Å². The van der Waals surface area contributed by atoms with Crippen LogP contribution in [0.1, 0.15) is 110 Å². The van der Waals surface area contributed by atoms with Gasteiger partial charge in [-0.25, -0.2) is 0 Å². The van der Waals surface area contributed by atoms with Gasteiger partial charge in [-0.15, -0.1) is 0 Å². The Kier molecular flexibility index (Phi) is 17.5. The van der Waals surface area contributed by atoms with Crippen LogP contribution in [0.5, 0.6) is 0 Å². The summed E-state index contributed by atoms with van der Waals surface area (Å²) in [7, 11) is 0. The summed E-state index contributed by atoms with van der Waals surface area (Å²) in [5.74, 6) is 0. The number of hydrogen-bond donors (Lipinski definition) is 1. The first-order valence-corrected chi connectivity index (χ1v) is 9.43. The van der Waals surface area contributed by atoms with E-state index in [4.69, 9.17) is 5.11 Å². The van der Waals surface area contributed by atoms with Crippen LogP contribution >= 0.6 is 0 Å². The maximum atomic E-state index is 9.08. The van der Waals surface area contributed by atoms with Gasteiger partial charge >= 0.3 is 0 Å². The third kappa shape index (κ3) is 19.7. The molecule has 125 valence electrons. The number of unbranched alkanes of at least 4 members (excludes halogenated alkanes) is 12. The van der Waals surface area contributed by atoms with E-state index in [0.717, 1.165) is 12.8 Å². The van der Waals surface area contributed by atoms with Crippen molar-refractivity contribution in [1.29, 1.82) is 0 Å². The van der Waals surface area contributed by atoms with Crippen molar-refractivity contribution in [3.8, 4) is 0 Å². The molecule has 1 nitrogen and oxygen atoms in total. The predicted molar refractivity (Wildman–Crippen MR) is 94.9 cm³/mol. The molecule has 0 aliphatic carbocycles. The molecule has 0 aromatic rings. The summed E-state index contributed by atoms with van der Waals surface area (Å²) in [5, 5.41) is 9.08. The molecule has 0 fully saturated rings. The van der Waals surface area contributed by atoms with Crippen LogP contribution in [0, 0.1) is 6.10 Å². The van der Waals surface area contributed by atoms with Crippen molar-refractivity contribution in [3.63, 3.8) is 0 Å². The van der Waals surface area contributed by atoms with Crippen LogP contribution in [-0.2, 0) is 0 Å². The van der Waals surface area contributed by atoms with E-state index in [2.05, 4.69) is 19.1 Å². The first-order valence-electron chi connectivity index (χ1n) is 9.43. The summed E-state index contributed by atoms with van der Waals surface area (Å²) >= 11 is 0. The summed E-state index contributed by atoms with van der Waals surface area (Å²) in [4.78, 5) is 0. The second-order valence-electron chi connectivity index (χ2n) is 6.42. The monoisotopic (exact) mass is 295 g/mol. The Labute approximate surface area is 134 Å². The Balaban J connectivity index is 3.05. The molecule has 0 saturated carbocycles. The lowest BCUT2D eigenvalue weighted by Gasteiger charge is -2.02. The molecule has 0 rings (SSSR count). The number of rotatable bonds is 16. The highest BCUT2D eigenvalue weighted by molar-refractivity contribution is 4.81. The van der Waals surface area contributed by atoms with Crippen LogP contribution in [0.15, 0.2) is 12.2 Å². The average Bonchev–Trinajstić information content (AvgIpc) is 2.46. The highest BCUT2D eigenvalue weighted by Crippen LogP contribution is 2.12. The minimum absolute atomic E-state index is 0.588. The lowest BCUT2D eigenvalue weighted by Crippen LogP contribution is -1.88. The van der Waals surface area contributed by atoms with E-state index in [1.165, 1.54) is 83.5 Å². The summed E-state index contributed by atoms with van der Waals surface area (Å²) in [6.45, 7) is 4.08. The molecule has 0 saturated heterocycles. The van der Waals surface area contributed by atoms with Crippen LogP contribution in [0.2, 0.25) is 0 Å². The lowest BCUT2D eigenvalue weighted by molar-refractivity contribution is 0.290. The van der Waals surface area contributed by atoms with Crippen molar-refractivity contribution in [2.45, 2.75) is 110 Å². The first kappa shape index (κ1) is 20.7. The van der Waals surface area contributed by atoms with Gasteiger partial charge in [0.1, 0.15) is 0 Å². The number of aliphatic hydroxyl groups excluding tert-OH is 1. The second-order valence-corrected chi connectivity index (χ2v) is 6.42. The van der Waals surface area contributed by atoms with Crippen molar-refractivity contribution < 1.29 is 5.11 Å². The average molecular weight is 296 g/mol. The minimum Gasteiger partial charge on any atom is -0.387 e. The fourth-order valence-electron chi connectivity index (χ4n) is 2.63. The van der Waals surface area contributed by atoms with Crippen molar-refractivity contribution in [3.05, 3.63) is 18.3 Å². The summed E-state index contributed by atoms with van der Waals surface area (Å²) < 4.78 is 0. The van der Waals surface area contributed by atoms with Crippen molar-refractivity contribution in [2.75, 3.05) is 0 Å². The van der Waals surface area contributed by atoms with E-state index >= 15 is 0 Å². The topological polar surface area (TPSA) is 20.2 Å². The SMILES string of the molecule is CCCCCCCC/C=C\CCCCCCCC[C](C)O. The van der Waals surface area contributed by atoms with E-state index in [1.807, 2.05) is 0 Å². The quantitative estimate of drug-likeness (QED) is 0.233. The molecule has 0 spiro atoms. The van der Waals surface area contributed by atoms with Crippen LogP contribution in [-0.4, -0.2) is 5.11 Å². The molecule has 1 N–H and O–H groups in total. The van der Waals surface area contributed by atoms with Gasteiger partial charge in [-0.05, 0) is 39.0 Å². The highest BCUT2D eigenvalue weighted by atomic mass is 16.3. The Morgan fingerprint density at radius 3 is 1.57 bits per heavy atom. The van der Waals surface area contributed by atoms with Crippen LogP contribution in [0.3, 0.4) is 0 Å². The standard InChI is InChI=1S/C20H39O/c1-3-4-5-6-7-8-9-10-11-12-13-14-15-16-17-18-19-20(2)21/h10-11,21H,3-9,12-19H2,1-2H3/b11-10-. The van der Waals surface area contributed by atoms with Gasteiger partial charge in [-0.1, -0.05) is 83.3 Å². The van der Waals surface area contributed by atoms with E-state index in [1.54, 1.807) is 6.92 Å². The summed E-state index contributed by atoms with van der Waals surface area (Å²) in [5.41, 5.74) is 0. The zero-order chi connectivity index (χ0) is 15.6. The van der Waals surface area contributed by atoms with Gasteiger partial charge in [-0.3, -0.25) is 0 Å². The number of hydrogen-bond acceptors (Lipinski definition) is 1. The normalized spacial score (nSPS) is 11.8.